The van der Waals surface area contributed by atoms with Gasteiger partial charge >= 0.3 is 0 Å². The fourth-order valence-electron chi connectivity index (χ4n) is 1.99. The van der Waals surface area contributed by atoms with Crippen LogP contribution >= 0.6 is 11.3 Å². The highest BCUT2D eigenvalue weighted by Gasteiger charge is 2.19. The summed E-state index contributed by atoms with van der Waals surface area (Å²) in [5.74, 6) is 0.331. The smallest absolute Gasteiger partial charge is 0.262 e. The molecule has 1 atom stereocenters. The van der Waals surface area contributed by atoms with Crippen LogP contribution in [0.5, 0.6) is 5.75 Å². The summed E-state index contributed by atoms with van der Waals surface area (Å²) in [6.07, 6.45) is 0. The second kappa shape index (κ2) is 5.94. The molecule has 22 heavy (non-hydrogen) atoms. The number of aromatic nitrogens is 4. The topological polar surface area (TPSA) is 92.9 Å². The molecule has 0 aliphatic carbocycles. The van der Waals surface area contributed by atoms with E-state index in [0.29, 0.717) is 10.7 Å². The van der Waals surface area contributed by atoms with Gasteiger partial charge in [-0.15, -0.1) is 16.4 Å². The van der Waals surface area contributed by atoms with Crippen LogP contribution in [0.15, 0.2) is 41.8 Å². The summed E-state index contributed by atoms with van der Waals surface area (Å²) in [6.45, 7) is 1.80. The number of rotatable bonds is 4. The van der Waals surface area contributed by atoms with Crippen LogP contribution in [0.25, 0.3) is 5.69 Å². The van der Waals surface area contributed by atoms with Crippen LogP contribution < -0.4 is 5.32 Å². The Bertz CT molecular complexity index is 783. The van der Waals surface area contributed by atoms with E-state index in [0.717, 1.165) is 5.69 Å². The second-order valence-electron chi connectivity index (χ2n) is 4.65. The molecule has 1 aromatic carbocycles. The van der Waals surface area contributed by atoms with Gasteiger partial charge in [-0.25, -0.2) is 0 Å². The summed E-state index contributed by atoms with van der Waals surface area (Å²) in [6, 6.07) is 10.5. The molecule has 0 radical (unpaired) electrons. The van der Waals surface area contributed by atoms with E-state index in [1.807, 2.05) is 30.3 Å². The van der Waals surface area contributed by atoms with Gasteiger partial charge in [0, 0.05) is 11.4 Å². The summed E-state index contributed by atoms with van der Waals surface area (Å²) in [5.41, 5.74) is 0.817. The lowest BCUT2D eigenvalue weighted by Crippen LogP contribution is -2.28. The van der Waals surface area contributed by atoms with Crippen LogP contribution in [0, 0.1) is 0 Å². The van der Waals surface area contributed by atoms with E-state index in [9.17, 15) is 9.90 Å². The Balaban J connectivity index is 1.80. The number of thiophene rings is 1. The van der Waals surface area contributed by atoms with Crippen molar-refractivity contribution in [2.45, 2.75) is 13.0 Å². The largest absolute Gasteiger partial charge is 0.507 e. The molecule has 7 nitrogen and oxygen atoms in total. The van der Waals surface area contributed by atoms with Crippen molar-refractivity contribution in [3.63, 3.8) is 0 Å². The van der Waals surface area contributed by atoms with Gasteiger partial charge in [-0.1, -0.05) is 18.2 Å². The summed E-state index contributed by atoms with van der Waals surface area (Å²) >= 11 is 1.18. The molecule has 8 heteroatoms. The van der Waals surface area contributed by atoms with Crippen molar-refractivity contribution in [3.8, 4) is 11.4 Å². The minimum Gasteiger partial charge on any atom is -0.507 e. The lowest BCUT2D eigenvalue weighted by Gasteiger charge is -2.13. The lowest BCUT2D eigenvalue weighted by atomic mass is 10.2. The van der Waals surface area contributed by atoms with Crippen LogP contribution in [-0.2, 0) is 0 Å². The quantitative estimate of drug-likeness (QED) is 0.767. The highest BCUT2D eigenvalue weighted by Crippen LogP contribution is 2.21. The Hall–Kier alpha value is -2.74. The van der Waals surface area contributed by atoms with Crippen molar-refractivity contribution < 1.29 is 9.90 Å². The maximum Gasteiger partial charge on any atom is 0.262 e. The third-order valence-electron chi connectivity index (χ3n) is 3.04. The van der Waals surface area contributed by atoms with Crippen molar-refractivity contribution >= 4 is 17.2 Å². The maximum absolute atomic E-state index is 12.1. The Morgan fingerprint density at radius 1 is 1.36 bits per heavy atom. The Morgan fingerprint density at radius 2 is 2.14 bits per heavy atom. The van der Waals surface area contributed by atoms with Gasteiger partial charge in [-0.05, 0) is 29.5 Å². The van der Waals surface area contributed by atoms with Crippen molar-refractivity contribution in [3.05, 3.63) is 52.5 Å². The number of tetrazole rings is 1. The average molecular weight is 315 g/mol. The monoisotopic (exact) mass is 315 g/mol. The minimum absolute atomic E-state index is 0.0805. The number of carbonyl (C=O) groups excluding carboxylic acids is 1. The van der Waals surface area contributed by atoms with Gasteiger partial charge in [0.15, 0.2) is 5.82 Å². The molecule has 2 aromatic heterocycles. The van der Waals surface area contributed by atoms with Crippen LogP contribution in [0.3, 0.4) is 0 Å². The zero-order valence-electron chi connectivity index (χ0n) is 11.7. The predicted octanol–water partition coefficient (Wildman–Crippen LogP) is 1.92. The number of para-hydroxylation sites is 1. The van der Waals surface area contributed by atoms with E-state index >= 15 is 0 Å². The summed E-state index contributed by atoms with van der Waals surface area (Å²) in [5, 5.41) is 25.3. The zero-order valence-corrected chi connectivity index (χ0v) is 12.5. The first-order valence-corrected chi connectivity index (χ1v) is 7.45. The van der Waals surface area contributed by atoms with E-state index in [-0.39, 0.29) is 17.7 Å². The summed E-state index contributed by atoms with van der Waals surface area (Å²) < 4.78 is 1.58. The van der Waals surface area contributed by atoms with Crippen LogP contribution in [-0.4, -0.2) is 31.2 Å². The first kappa shape index (κ1) is 14.2. The molecule has 0 spiro atoms. The van der Waals surface area contributed by atoms with Gasteiger partial charge in [-0.3, -0.25) is 4.79 Å². The van der Waals surface area contributed by atoms with E-state index in [2.05, 4.69) is 20.8 Å². The van der Waals surface area contributed by atoms with Crippen molar-refractivity contribution in [1.29, 1.82) is 0 Å². The number of amides is 1. The van der Waals surface area contributed by atoms with Gasteiger partial charge in [-0.2, -0.15) is 4.68 Å². The summed E-state index contributed by atoms with van der Waals surface area (Å²) in [4.78, 5) is 12.6. The van der Waals surface area contributed by atoms with Crippen LogP contribution in [0.2, 0.25) is 0 Å². The first-order chi connectivity index (χ1) is 10.6. The third-order valence-corrected chi connectivity index (χ3v) is 3.96. The van der Waals surface area contributed by atoms with Gasteiger partial charge in [0.25, 0.3) is 5.91 Å². The Labute approximate surface area is 130 Å². The number of aromatic hydroxyl groups is 1. The standard InChI is InChI=1S/C14H13N5O2S/c1-9(15-14(21)12-7-11(20)8-22-12)13-16-17-18-19(13)10-5-3-2-4-6-10/h2-9,20H,1H3,(H,15,21). The molecular weight excluding hydrogens is 302 g/mol. The van der Waals surface area contributed by atoms with E-state index in [1.54, 1.807) is 11.6 Å². The van der Waals surface area contributed by atoms with Gasteiger partial charge in [0.1, 0.15) is 5.75 Å². The molecule has 0 saturated carbocycles. The fourth-order valence-corrected chi connectivity index (χ4v) is 2.67. The highest BCUT2D eigenvalue weighted by molar-refractivity contribution is 7.12. The van der Waals surface area contributed by atoms with Crippen molar-refractivity contribution in [2.24, 2.45) is 0 Å². The molecule has 0 aliphatic rings. The molecule has 112 valence electrons. The van der Waals surface area contributed by atoms with Crippen LogP contribution in [0.1, 0.15) is 28.5 Å². The van der Waals surface area contributed by atoms with Crippen molar-refractivity contribution in [1.82, 2.24) is 25.5 Å². The van der Waals surface area contributed by atoms with Crippen molar-refractivity contribution in [2.75, 3.05) is 0 Å². The number of hydrogen-bond acceptors (Lipinski definition) is 6. The van der Waals surface area contributed by atoms with Gasteiger partial charge in [0.05, 0.1) is 16.6 Å². The Kier molecular flexibility index (Phi) is 3.84. The maximum atomic E-state index is 12.1. The molecule has 2 heterocycles. The molecule has 1 amide bonds. The molecule has 1 unspecified atom stereocenters. The molecule has 0 fully saturated rings. The average Bonchev–Trinajstić information content (AvgIpc) is 3.16. The molecule has 2 N–H and O–H groups in total. The van der Waals surface area contributed by atoms with E-state index in [4.69, 9.17) is 0 Å². The molecular formula is C14H13N5O2S. The summed E-state index contributed by atoms with van der Waals surface area (Å²) in [7, 11) is 0. The molecule has 0 saturated heterocycles. The van der Waals surface area contributed by atoms with Gasteiger partial charge in [0.2, 0.25) is 0 Å². The minimum atomic E-state index is -0.382. The predicted molar refractivity (Wildman–Crippen MR) is 81.0 cm³/mol. The number of nitrogens with zero attached hydrogens (tertiary/aromatic N) is 4. The zero-order chi connectivity index (χ0) is 15.5. The first-order valence-electron chi connectivity index (χ1n) is 6.57. The number of benzene rings is 1. The molecule has 3 rings (SSSR count). The van der Waals surface area contributed by atoms with Gasteiger partial charge < -0.3 is 10.4 Å². The fraction of sp³-hybridized carbons (Fsp3) is 0.143. The lowest BCUT2D eigenvalue weighted by molar-refractivity contribution is 0.0941. The van der Waals surface area contributed by atoms with Crippen LogP contribution in [0.4, 0.5) is 0 Å². The normalized spacial score (nSPS) is 12.0. The highest BCUT2D eigenvalue weighted by atomic mass is 32.1. The third kappa shape index (κ3) is 2.82. The molecule has 0 bridgehead atoms. The SMILES string of the molecule is CC(NC(=O)c1cc(O)cs1)c1nnnn1-c1ccccc1. The number of carbonyl (C=O) groups is 1. The molecule has 0 aliphatic heterocycles. The van der Waals surface area contributed by atoms with E-state index in [1.165, 1.54) is 22.8 Å². The number of hydrogen-bond donors (Lipinski definition) is 2. The van der Waals surface area contributed by atoms with E-state index < -0.39 is 0 Å². The Morgan fingerprint density at radius 3 is 2.82 bits per heavy atom. The molecule has 3 aromatic rings. The second-order valence-corrected chi connectivity index (χ2v) is 5.56. The number of nitrogens with one attached hydrogen (secondary N) is 1.